The second-order valence-electron chi connectivity index (χ2n) is 5.25. The fourth-order valence-corrected chi connectivity index (χ4v) is 3.51. The van der Waals surface area contributed by atoms with E-state index in [-0.39, 0.29) is 0 Å². The molecular weight excluding hydrogens is 266 g/mol. The van der Waals surface area contributed by atoms with Crippen molar-refractivity contribution in [1.82, 2.24) is 5.32 Å². The molecule has 106 valence electrons. The largest absolute Gasteiger partial charge is 0.493 e. The standard InChI is InChI=1S/C17H21NOS/c1-2-18-16(5-3-13-8-10-20-12-13)14-4-6-17-15(11-14)7-9-19-17/h4,6,8,10-12,16,18H,2-3,5,7,9H2,1H3. The second-order valence-corrected chi connectivity index (χ2v) is 6.03. The van der Waals surface area contributed by atoms with Crippen LogP contribution in [0.3, 0.4) is 0 Å². The minimum atomic E-state index is 0.436. The van der Waals surface area contributed by atoms with E-state index in [1.807, 2.05) is 0 Å². The smallest absolute Gasteiger partial charge is 0.122 e. The molecule has 2 nitrogen and oxygen atoms in total. The van der Waals surface area contributed by atoms with Crippen molar-refractivity contribution in [3.8, 4) is 5.75 Å². The van der Waals surface area contributed by atoms with Gasteiger partial charge in [-0.25, -0.2) is 0 Å². The first-order valence-electron chi connectivity index (χ1n) is 7.37. The Morgan fingerprint density at radius 3 is 3.10 bits per heavy atom. The van der Waals surface area contributed by atoms with Crippen LogP contribution >= 0.6 is 11.3 Å². The van der Waals surface area contributed by atoms with Gasteiger partial charge in [0.25, 0.3) is 0 Å². The highest BCUT2D eigenvalue weighted by Crippen LogP contribution is 2.29. The van der Waals surface area contributed by atoms with Gasteiger partial charge in [0, 0.05) is 12.5 Å². The van der Waals surface area contributed by atoms with Crippen LogP contribution < -0.4 is 10.1 Å². The van der Waals surface area contributed by atoms with Crippen molar-refractivity contribution in [2.24, 2.45) is 0 Å². The molecule has 1 unspecified atom stereocenters. The Morgan fingerprint density at radius 1 is 1.35 bits per heavy atom. The third kappa shape index (κ3) is 3.05. The summed E-state index contributed by atoms with van der Waals surface area (Å²) >= 11 is 1.78. The van der Waals surface area contributed by atoms with Crippen LogP contribution in [0, 0.1) is 0 Å². The van der Waals surface area contributed by atoms with Crippen molar-refractivity contribution in [1.29, 1.82) is 0 Å². The Hall–Kier alpha value is -1.32. The maximum atomic E-state index is 5.59. The molecule has 0 saturated heterocycles. The summed E-state index contributed by atoms with van der Waals surface area (Å²) in [5, 5.41) is 8.02. The molecule has 2 aromatic rings. The lowest BCUT2D eigenvalue weighted by Crippen LogP contribution is -2.21. The van der Waals surface area contributed by atoms with Crippen LogP contribution in [0.5, 0.6) is 5.75 Å². The first-order valence-corrected chi connectivity index (χ1v) is 8.31. The van der Waals surface area contributed by atoms with Gasteiger partial charge in [-0.15, -0.1) is 0 Å². The van der Waals surface area contributed by atoms with Crippen molar-refractivity contribution in [2.45, 2.75) is 32.2 Å². The van der Waals surface area contributed by atoms with Gasteiger partial charge in [-0.2, -0.15) is 11.3 Å². The Labute approximate surface area is 124 Å². The van der Waals surface area contributed by atoms with Crippen molar-refractivity contribution >= 4 is 11.3 Å². The molecule has 2 heterocycles. The molecule has 0 spiro atoms. The molecular formula is C17H21NOS. The van der Waals surface area contributed by atoms with Crippen molar-refractivity contribution in [3.05, 3.63) is 51.7 Å². The zero-order valence-corrected chi connectivity index (χ0v) is 12.7. The van der Waals surface area contributed by atoms with Crippen LogP contribution in [0.4, 0.5) is 0 Å². The maximum Gasteiger partial charge on any atom is 0.122 e. The van der Waals surface area contributed by atoms with Crippen LogP contribution in [-0.4, -0.2) is 13.2 Å². The van der Waals surface area contributed by atoms with Crippen LogP contribution in [0.15, 0.2) is 35.0 Å². The topological polar surface area (TPSA) is 21.3 Å². The Balaban J connectivity index is 1.72. The minimum Gasteiger partial charge on any atom is -0.493 e. The first-order chi connectivity index (χ1) is 9.86. The molecule has 1 aliphatic heterocycles. The van der Waals surface area contributed by atoms with E-state index in [9.17, 15) is 0 Å². The van der Waals surface area contributed by atoms with Crippen molar-refractivity contribution < 1.29 is 4.74 Å². The van der Waals surface area contributed by atoms with E-state index >= 15 is 0 Å². The molecule has 3 rings (SSSR count). The number of benzene rings is 1. The summed E-state index contributed by atoms with van der Waals surface area (Å²) in [7, 11) is 0. The average molecular weight is 287 g/mol. The molecule has 1 aromatic heterocycles. The van der Waals surface area contributed by atoms with E-state index in [0.29, 0.717) is 6.04 Å². The van der Waals surface area contributed by atoms with E-state index < -0.39 is 0 Å². The molecule has 3 heteroatoms. The summed E-state index contributed by atoms with van der Waals surface area (Å²) in [4.78, 5) is 0. The van der Waals surface area contributed by atoms with Gasteiger partial charge in [0.05, 0.1) is 6.61 Å². The van der Waals surface area contributed by atoms with Gasteiger partial charge in [-0.1, -0.05) is 19.1 Å². The zero-order valence-electron chi connectivity index (χ0n) is 11.9. The number of rotatable bonds is 6. The molecule has 1 aliphatic rings. The fraction of sp³-hybridized carbons (Fsp3) is 0.412. The molecule has 1 aromatic carbocycles. The highest BCUT2D eigenvalue weighted by molar-refractivity contribution is 7.07. The fourth-order valence-electron chi connectivity index (χ4n) is 2.80. The monoisotopic (exact) mass is 287 g/mol. The van der Waals surface area contributed by atoms with Gasteiger partial charge < -0.3 is 10.1 Å². The van der Waals surface area contributed by atoms with Crippen molar-refractivity contribution in [3.63, 3.8) is 0 Å². The van der Waals surface area contributed by atoms with Gasteiger partial charge in [-0.05, 0) is 59.0 Å². The number of ether oxygens (including phenoxy) is 1. The van der Waals surface area contributed by atoms with Gasteiger partial charge >= 0.3 is 0 Å². The molecule has 0 radical (unpaired) electrons. The van der Waals surface area contributed by atoms with E-state index in [0.717, 1.165) is 38.2 Å². The molecule has 1 N–H and O–H groups in total. The minimum absolute atomic E-state index is 0.436. The quantitative estimate of drug-likeness (QED) is 0.868. The number of nitrogens with one attached hydrogen (secondary N) is 1. The van der Waals surface area contributed by atoms with Crippen LogP contribution in [0.1, 0.15) is 36.1 Å². The van der Waals surface area contributed by atoms with E-state index in [4.69, 9.17) is 4.74 Å². The molecule has 0 saturated carbocycles. The summed E-state index contributed by atoms with van der Waals surface area (Å²) in [5.41, 5.74) is 4.20. The predicted molar refractivity (Wildman–Crippen MR) is 84.7 cm³/mol. The summed E-state index contributed by atoms with van der Waals surface area (Å²) in [6, 6.07) is 9.33. The summed E-state index contributed by atoms with van der Waals surface area (Å²) in [6.07, 6.45) is 3.32. The lowest BCUT2D eigenvalue weighted by molar-refractivity contribution is 0.356. The van der Waals surface area contributed by atoms with Crippen LogP contribution in [-0.2, 0) is 12.8 Å². The molecule has 20 heavy (non-hydrogen) atoms. The van der Waals surface area contributed by atoms with Crippen LogP contribution in [0.25, 0.3) is 0 Å². The number of hydrogen-bond donors (Lipinski definition) is 1. The maximum absolute atomic E-state index is 5.59. The Morgan fingerprint density at radius 2 is 2.30 bits per heavy atom. The van der Waals surface area contributed by atoms with Crippen LogP contribution in [0.2, 0.25) is 0 Å². The zero-order chi connectivity index (χ0) is 13.8. The molecule has 0 aliphatic carbocycles. The Kier molecular flexibility index (Phi) is 4.38. The third-order valence-corrected chi connectivity index (χ3v) is 4.60. The predicted octanol–water partition coefficient (Wildman–Crippen LogP) is 3.97. The van der Waals surface area contributed by atoms with E-state index in [1.165, 1.54) is 16.7 Å². The summed E-state index contributed by atoms with van der Waals surface area (Å²) in [6.45, 7) is 4.01. The Bertz CT molecular complexity index is 550. The molecule has 0 bridgehead atoms. The highest BCUT2D eigenvalue weighted by atomic mass is 32.1. The van der Waals surface area contributed by atoms with Gasteiger partial charge in [-0.3, -0.25) is 0 Å². The normalized spacial score (nSPS) is 14.8. The van der Waals surface area contributed by atoms with Crippen molar-refractivity contribution in [2.75, 3.05) is 13.2 Å². The second kappa shape index (κ2) is 6.42. The third-order valence-electron chi connectivity index (χ3n) is 3.87. The van der Waals surface area contributed by atoms with Gasteiger partial charge in [0.2, 0.25) is 0 Å². The number of hydrogen-bond acceptors (Lipinski definition) is 3. The SMILES string of the molecule is CCNC(CCc1ccsc1)c1ccc2c(c1)CCO2. The highest BCUT2D eigenvalue weighted by Gasteiger charge is 2.16. The number of thiophene rings is 1. The van der Waals surface area contributed by atoms with E-state index in [2.05, 4.69) is 47.3 Å². The van der Waals surface area contributed by atoms with Gasteiger partial charge in [0.15, 0.2) is 0 Å². The molecule has 0 amide bonds. The lowest BCUT2D eigenvalue weighted by atomic mass is 9.97. The number of fused-ring (bicyclic) bond motifs is 1. The number of aryl methyl sites for hydroxylation is 1. The molecule has 1 atom stereocenters. The van der Waals surface area contributed by atoms with E-state index in [1.54, 1.807) is 11.3 Å². The summed E-state index contributed by atoms with van der Waals surface area (Å²) in [5.74, 6) is 1.07. The van der Waals surface area contributed by atoms with Gasteiger partial charge in [0.1, 0.15) is 5.75 Å². The lowest BCUT2D eigenvalue weighted by Gasteiger charge is -2.19. The molecule has 0 fully saturated rings. The first kappa shape index (κ1) is 13.7. The average Bonchev–Trinajstić information content (AvgIpc) is 3.13. The summed E-state index contributed by atoms with van der Waals surface area (Å²) < 4.78 is 5.59.